The summed E-state index contributed by atoms with van der Waals surface area (Å²) < 4.78 is 21.6. The van der Waals surface area contributed by atoms with Crippen LogP contribution in [0.3, 0.4) is 0 Å². The van der Waals surface area contributed by atoms with Crippen LogP contribution in [0.25, 0.3) is 11.0 Å². The molecule has 7 heteroatoms. The Morgan fingerprint density at radius 3 is 2.88 bits per heavy atom. The molecular weight excluding hydrogens is 333 g/mol. The summed E-state index contributed by atoms with van der Waals surface area (Å²) in [5.74, 6) is 2.25. The Morgan fingerprint density at radius 2 is 2.15 bits per heavy atom. The third-order valence-corrected chi connectivity index (χ3v) is 5.08. The van der Waals surface area contributed by atoms with E-state index in [1.54, 1.807) is 6.07 Å². The van der Waals surface area contributed by atoms with Gasteiger partial charge in [0.05, 0.1) is 18.1 Å². The smallest absolute Gasteiger partial charge is 0.229 e. The van der Waals surface area contributed by atoms with Crippen LogP contribution in [0.5, 0.6) is 0 Å². The molecule has 0 aliphatic carbocycles. The van der Waals surface area contributed by atoms with Gasteiger partial charge in [-0.3, -0.25) is 4.90 Å². The van der Waals surface area contributed by atoms with Gasteiger partial charge >= 0.3 is 0 Å². The minimum atomic E-state index is -0.270. The fourth-order valence-corrected chi connectivity index (χ4v) is 3.74. The number of hydrogen-bond donors (Lipinski definition) is 0. The number of likely N-dealkylation sites (tertiary alicyclic amines) is 1. The van der Waals surface area contributed by atoms with Gasteiger partial charge in [-0.1, -0.05) is 25.1 Å². The number of imidazole rings is 1. The maximum absolute atomic E-state index is 14.1. The van der Waals surface area contributed by atoms with Crippen molar-refractivity contribution in [1.29, 1.82) is 0 Å². The van der Waals surface area contributed by atoms with Crippen LogP contribution in [0.2, 0.25) is 0 Å². The molecule has 1 aromatic carbocycles. The van der Waals surface area contributed by atoms with Crippen molar-refractivity contribution in [2.24, 2.45) is 0 Å². The average Bonchev–Trinajstić information content (AvgIpc) is 3.32. The van der Waals surface area contributed by atoms with Gasteiger partial charge in [0, 0.05) is 12.5 Å². The average molecular weight is 357 g/mol. The van der Waals surface area contributed by atoms with Crippen molar-refractivity contribution in [3.63, 3.8) is 0 Å². The second kappa shape index (κ2) is 6.79. The molecule has 1 saturated heterocycles. The topological polar surface area (TPSA) is 60.0 Å². The van der Waals surface area contributed by atoms with Gasteiger partial charge in [0.25, 0.3) is 0 Å². The lowest BCUT2D eigenvalue weighted by molar-refractivity contribution is 0.226. The molecular formula is C19H24FN5O. The molecule has 6 nitrogen and oxygen atoms in total. The predicted octanol–water partition coefficient (Wildman–Crippen LogP) is 4.04. The first-order chi connectivity index (χ1) is 12.6. The molecule has 0 saturated carbocycles. The monoisotopic (exact) mass is 357 g/mol. The second-order valence-electron chi connectivity index (χ2n) is 7.15. The molecule has 1 fully saturated rings. The Morgan fingerprint density at radius 1 is 1.31 bits per heavy atom. The van der Waals surface area contributed by atoms with Crippen LogP contribution >= 0.6 is 0 Å². The Labute approximate surface area is 152 Å². The molecule has 0 bridgehead atoms. The van der Waals surface area contributed by atoms with Gasteiger partial charge in [-0.2, -0.15) is 4.98 Å². The summed E-state index contributed by atoms with van der Waals surface area (Å²) in [7, 11) is 0. The van der Waals surface area contributed by atoms with E-state index in [1.165, 1.54) is 6.07 Å². The summed E-state index contributed by atoms with van der Waals surface area (Å²) in [6, 6.07) is 5.25. The first kappa shape index (κ1) is 17.1. The Kier molecular flexibility index (Phi) is 4.48. The standard InChI is InChI=1S/C19H24FN5O/c1-4-25-14-8-5-7-13(20)17(14)21-16(25)11-24-10-6-9-15(24)18-22-19(12(2)3)26-23-18/h5,7-8,12,15H,4,6,9-11H2,1-3H3/t15-/m0/s1. The molecule has 1 atom stereocenters. The van der Waals surface area contributed by atoms with E-state index in [1.807, 2.05) is 19.9 Å². The largest absolute Gasteiger partial charge is 0.339 e. The van der Waals surface area contributed by atoms with Gasteiger partial charge in [-0.25, -0.2) is 9.37 Å². The molecule has 0 radical (unpaired) electrons. The number of benzene rings is 1. The van der Waals surface area contributed by atoms with Crippen molar-refractivity contribution in [2.75, 3.05) is 6.54 Å². The fourth-order valence-electron chi connectivity index (χ4n) is 3.74. The summed E-state index contributed by atoms with van der Waals surface area (Å²) in [5, 5.41) is 4.20. The zero-order valence-electron chi connectivity index (χ0n) is 15.4. The van der Waals surface area contributed by atoms with Crippen molar-refractivity contribution in [1.82, 2.24) is 24.6 Å². The highest BCUT2D eigenvalue weighted by molar-refractivity contribution is 5.76. The molecule has 4 rings (SSSR count). The fraction of sp³-hybridized carbons (Fsp3) is 0.526. The van der Waals surface area contributed by atoms with E-state index < -0.39 is 0 Å². The van der Waals surface area contributed by atoms with Gasteiger partial charge in [-0.15, -0.1) is 0 Å². The van der Waals surface area contributed by atoms with Crippen LogP contribution in [0.1, 0.15) is 63.1 Å². The Hall–Kier alpha value is -2.28. The minimum Gasteiger partial charge on any atom is -0.339 e. The SMILES string of the molecule is CCn1c(CN2CCC[C@H]2c2noc(C(C)C)n2)nc2c(F)cccc21. The van der Waals surface area contributed by atoms with Crippen molar-refractivity contribution >= 4 is 11.0 Å². The molecule has 0 spiro atoms. The van der Waals surface area contributed by atoms with Crippen LogP contribution in [0.4, 0.5) is 4.39 Å². The van der Waals surface area contributed by atoms with E-state index in [2.05, 4.69) is 31.5 Å². The second-order valence-corrected chi connectivity index (χ2v) is 7.15. The number of rotatable bonds is 5. The number of aryl methyl sites for hydroxylation is 1. The third kappa shape index (κ3) is 2.90. The third-order valence-electron chi connectivity index (χ3n) is 5.08. The number of halogens is 1. The van der Waals surface area contributed by atoms with E-state index in [-0.39, 0.29) is 17.8 Å². The molecule has 1 aliphatic rings. The quantitative estimate of drug-likeness (QED) is 0.690. The highest BCUT2D eigenvalue weighted by atomic mass is 19.1. The summed E-state index contributed by atoms with van der Waals surface area (Å²) >= 11 is 0. The molecule has 26 heavy (non-hydrogen) atoms. The normalized spacial score (nSPS) is 18.4. The zero-order chi connectivity index (χ0) is 18.3. The molecule has 0 unspecified atom stereocenters. The number of fused-ring (bicyclic) bond motifs is 1. The van der Waals surface area contributed by atoms with E-state index in [0.717, 1.165) is 43.1 Å². The summed E-state index contributed by atoms with van der Waals surface area (Å²) in [5.41, 5.74) is 1.29. The van der Waals surface area contributed by atoms with Gasteiger partial charge in [0.2, 0.25) is 5.89 Å². The Balaban J connectivity index is 1.63. The van der Waals surface area contributed by atoms with Gasteiger partial charge < -0.3 is 9.09 Å². The van der Waals surface area contributed by atoms with E-state index >= 15 is 0 Å². The minimum absolute atomic E-state index is 0.126. The number of para-hydroxylation sites is 1. The van der Waals surface area contributed by atoms with Gasteiger partial charge in [-0.05, 0) is 38.4 Å². The lowest BCUT2D eigenvalue weighted by Crippen LogP contribution is -2.25. The molecule has 0 amide bonds. The molecule has 1 aliphatic heterocycles. The molecule has 2 aromatic heterocycles. The van der Waals surface area contributed by atoms with Gasteiger partial charge in [0.15, 0.2) is 11.6 Å². The van der Waals surface area contributed by atoms with Crippen molar-refractivity contribution in [2.45, 2.75) is 58.7 Å². The number of aromatic nitrogens is 4. The van der Waals surface area contributed by atoms with E-state index in [4.69, 9.17) is 4.52 Å². The zero-order valence-corrected chi connectivity index (χ0v) is 15.4. The van der Waals surface area contributed by atoms with Gasteiger partial charge in [0.1, 0.15) is 11.3 Å². The first-order valence-electron chi connectivity index (χ1n) is 9.29. The van der Waals surface area contributed by atoms with Crippen LogP contribution < -0.4 is 0 Å². The lowest BCUT2D eigenvalue weighted by atomic mass is 10.2. The molecule has 0 N–H and O–H groups in total. The Bertz CT molecular complexity index is 916. The summed E-state index contributed by atoms with van der Waals surface area (Å²) in [6.45, 7) is 8.51. The highest BCUT2D eigenvalue weighted by Crippen LogP contribution is 2.32. The van der Waals surface area contributed by atoms with Crippen molar-refractivity contribution in [3.8, 4) is 0 Å². The van der Waals surface area contributed by atoms with Crippen LogP contribution in [-0.2, 0) is 13.1 Å². The summed E-state index contributed by atoms with van der Waals surface area (Å²) in [6.07, 6.45) is 2.08. The van der Waals surface area contributed by atoms with Crippen LogP contribution in [0.15, 0.2) is 22.7 Å². The van der Waals surface area contributed by atoms with Crippen LogP contribution in [-0.4, -0.2) is 31.1 Å². The number of hydrogen-bond acceptors (Lipinski definition) is 5. The maximum Gasteiger partial charge on any atom is 0.229 e. The molecule has 3 heterocycles. The molecule has 138 valence electrons. The van der Waals surface area contributed by atoms with E-state index in [9.17, 15) is 4.39 Å². The highest BCUT2D eigenvalue weighted by Gasteiger charge is 2.31. The van der Waals surface area contributed by atoms with Crippen molar-refractivity contribution in [3.05, 3.63) is 41.6 Å². The van der Waals surface area contributed by atoms with Crippen LogP contribution in [0, 0.1) is 5.82 Å². The van der Waals surface area contributed by atoms with Crippen molar-refractivity contribution < 1.29 is 8.91 Å². The molecule has 3 aromatic rings. The van der Waals surface area contributed by atoms with E-state index in [0.29, 0.717) is 18.0 Å². The predicted molar refractivity (Wildman–Crippen MR) is 96.1 cm³/mol. The summed E-state index contributed by atoms with van der Waals surface area (Å²) in [4.78, 5) is 11.5. The number of nitrogens with zero attached hydrogens (tertiary/aromatic N) is 5. The lowest BCUT2D eigenvalue weighted by Gasteiger charge is -2.21. The first-order valence-corrected chi connectivity index (χ1v) is 9.29. The maximum atomic E-state index is 14.1.